The summed E-state index contributed by atoms with van der Waals surface area (Å²) in [5.74, 6) is -0.463. The minimum Gasteiger partial charge on any atom is -0.478 e. The van der Waals surface area contributed by atoms with Gasteiger partial charge in [0.05, 0.1) is 16.9 Å². The Bertz CT molecular complexity index is 1880. The minimum absolute atomic E-state index is 0.105. The first-order chi connectivity index (χ1) is 24.1. The summed E-state index contributed by atoms with van der Waals surface area (Å²) < 4.78 is 2.18. The molecule has 6 rings (SSSR count). The van der Waals surface area contributed by atoms with E-state index in [0.717, 1.165) is 91.8 Å². The molecule has 50 heavy (non-hydrogen) atoms. The van der Waals surface area contributed by atoms with Crippen LogP contribution >= 0.6 is 11.3 Å². The normalized spacial score (nSPS) is 16.5. The molecule has 3 aromatic heterocycles. The lowest BCUT2D eigenvalue weighted by Gasteiger charge is -2.38. The summed E-state index contributed by atoms with van der Waals surface area (Å²) in [5, 5.41) is 11.1. The lowest BCUT2D eigenvalue weighted by Crippen LogP contribution is -2.47. The zero-order valence-electron chi connectivity index (χ0n) is 30.8. The number of rotatable bonds is 11. The number of carboxylic acids is 1. The lowest BCUT2D eigenvalue weighted by molar-refractivity contribution is -0.133. The third-order valence-electron chi connectivity index (χ3n) is 11.2. The second kappa shape index (κ2) is 15.6. The Kier molecular flexibility index (Phi) is 11.3. The van der Waals surface area contributed by atoms with E-state index >= 15 is 0 Å². The quantitative estimate of drug-likeness (QED) is 0.158. The van der Waals surface area contributed by atoms with Gasteiger partial charge >= 0.3 is 5.97 Å². The summed E-state index contributed by atoms with van der Waals surface area (Å²) in [6, 6.07) is 13.5. The van der Waals surface area contributed by atoms with E-state index in [1.807, 2.05) is 11.0 Å². The fourth-order valence-corrected chi connectivity index (χ4v) is 9.52. The predicted octanol–water partition coefficient (Wildman–Crippen LogP) is 9.48. The number of hydrogen-bond donors (Lipinski definition) is 1. The fraction of sp³-hybridized carbons (Fsp3) is 0.500. The first-order valence-corrected chi connectivity index (χ1v) is 19.6. The number of carboxylic acid groups (broad SMARTS) is 1. The minimum atomic E-state index is -0.936. The smallest absolute Gasteiger partial charge is 0.331 e. The van der Waals surface area contributed by atoms with E-state index in [1.54, 1.807) is 18.3 Å². The summed E-state index contributed by atoms with van der Waals surface area (Å²) >= 11 is 1.80. The number of amides is 1. The Morgan fingerprint density at radius 2 is 1.70 bits per heavy atom. The molecule has 1 aliphatic heterocycles. The van der Waals surface area contributed by atoms with Gasteiger partial charge in [-0.15, -0.1) is 11.3 Å². The first-order valence-electron chi connectivity index (χ1n) is 18.8. The second-order valence-corrected chi connectivity index (χ2v) is 15.8. The van der Waals surface area contributed by atoms with Crippen LogP contribution in [0, 0.1) is 13.8 Å². The molecule has 1 saturated heterocycles. The number of aromatic nitrogens is 2. The Labute approximate surface area is 302 Å². The number of likely N-dealkylation sites (tertiary alicyclic amines) is 1. The third kappa shape index (κ3) is 7.33. The molecule has 1 N–H and O–H groups in total. The highest BCUT2D eigenvalue weighted by Crippen LogP contribution is 2.44. The second-order valence-electron chi connectivity index (χ2n) is 14.3. The molecule has 2 aliphatic rings. The molecule has 1 saturated carbocycles. The van der Waals surface area contributed by atoms with E-state index in [4.69, 9.17) is 4.98 Å². The van der Waals surface area contributed by atoms with Gasteiger partial charge < -0.3 is 19.5 Å². The molecule has 1 aliphatic carbocycles. The van der Waals surface area contributed by atoms with Gasteiger partial charge in [-0.3, -0.25) is 4.79 Å². The number of benzene rings is 1. The van der Waals surface area contributed by atoms with Crippen LogP contribution in [-0.4, -0.2) is 68.6 Å². The van der Waals surface area contributed by atoms with Crippen LogP contribution in [0.25, 0.3) is 39.5 Å². The highest BCUT2D eigenvalue weighted by atomic mass is 32.1. The number of pyridine rings is 1. The summed E-state index contributed by atoms with van der Waals surface area (Å²) in [7, 11) is 0. The summed E-state index contributed by atoms with van der Waals surface area (Å²) in [6.07, 6.45) is 10.4. The standard InChI is InChI=1S/C42H54N4O3S/c1-7-34-38(23-27(4)42(48)49)46(26-39(47)45-21-19-33(20-22-45)44(8-2)9-3)41(40(34)30-13-11-10-12-14-30)32-16-17-36-31(25-32)15-18-37(43-36)35-24-28(5)50-29(35)6/h15-18,23-25,30,33H,7-14,19-22,26H2,1-6H3,(H,48,49)/b27-23+. The van der Waals surface area contributed by atoms with Crippen LogP contribution in [0.15, 0.2) is 42.0 Å². The molecule has 2 fully saturated rings. The van der Waals surface area contributed by atoms with Crippen LogP contribution in [0.2, 0.25) is 0 Å². The molecule has 4 heterocycles. The van der Waals surface area contributed by atoms with Crippen LogP contribution < -0.4 is 0 Å². The van der Waals surface area contributed by atoms with Gasteiger partial charge in [-0.05, 0) is 119 Å². The molecule has 266 valence electrons. The zero-order chi connectivity index (χ0) is 35.5. The van der Waals surface area contributed by atoms with Crippen molar-refractivity contribution in [2.75, 3.05) is 26.2 Å². The highest BCUT2D eigenvalue weighted by molar-refractivity contribution is 7.12. The number of carbonyl (C=O) groups is 2. The van der Waals surface area contributed by atoms with E-state index in [-0.39, 0.29) is 18.0 Å². The largest absolute Gasteiger partial charge is 0.478 e. The molecule has 1 aromatic carbocycles. The number of aliphatic carboxylic acids is 1. The average molecular weight is 695 g/mol. The van der Waals surface area contributed by atoms with Crippen molar-refractivity contribution < 1.29 is 14.7 Å². The van der Waals surface area contributed by atoms with Crippen molar-refractivity contribution in [1.29, 1.82) is 0 Å². The first kappa shape index (κ1) is 36.1. The molecule has 0 atom stereocenters. The van der Waals surface area contributed by atoms with Crippen LogP contribution in [0.1, 0.15) is 105 Å². The van der Waals surface area contributed by atoms with Gasteiger partial charge in [-0.1, -0.05) is 52.2 Å². The maximum atomic E-state index is 14.3. The molecule has 0 radical (unpaired) electrons. The number of hydrogen-bond acceptors (Lipinski definition) is 5. The topological polar surface area (TPSA) is 78.7 Å². The van der Waals surface area contributed by atoms with Gasteiger partial charge in [0.2, 0.25) is 5.91 Å². The lowest BCUT2D eigenvalue weighted by atomic mass is 9.80. The van der Waals surface area contributed by atoms with Crippen molar-refractivity contribution in [3.8, 4) is 22.5 Å². The van der Waals surface area contributed by atoms with Gasteiger partial charge in [0, 0.05) is 51.1 Å². The van der Waals surface area contributed by atoms with Crippen LogP contribution in [0.5, 0.6) is 0 Å². The molecule has 1 amide bonds. The van der Waals surface area contributed by atoms with Crippen molar-refractivity contribution in [3.63, 3.8) is 0 Å². The number of thiophene rings is 1. The van der Waals surface area contributed by atoms with E-state index in [2.05, 4.69) is 80.5 Å². The Hall–Kier alpha value is -3.75. The van der Waals surface area contributed by atoms with Crippen LogP contribution in [0.3, 0.4) is 0 Å². The van der Waals surface area contributed by atoms with Crippen molar-refractivity contribution >= 4 is 40.2 Å². The van der Waals surface area contributed by atoms with Crippen molar-refractivity contribution in [2.45, 2.75) is 111 Å². The monoisotopic (exact) mass is 694 g/mol. The third-order valence-corrected chi connectivity index (χ3v) is 12.2. The van der Waals surface area contributed by atoms with E-state index in [0.29, 0.717) is 12.0 Å². The summed E-state index contributed by atoms with van der Waals surface area (Å²) in [5.41, 5.74) is 8.87. The van der Waals surface area contributed by atoms with Crippen molar-refractivity contribution in [3.05, 3.63) is 68.5 Å². The maximum absolute atomic E-state index is 14.3. The number of nitrogens with zero attached hydrogens (tertiary/aromatic N) is 4. The molecule has 0 spiro atoms. The maximum Gasteiger partial charge on any atom is 0.331 e. The van der Waals surface area contributed by atoms with Gasteiger partial charge in [0.25, 0.3) is 0 Å². The molecule has 8 heteroatoms. The van der Waals surface area contributed by atoms with Crippen molar-refractivity contribution in [2.24, 2.45) is 0 Å². The van der Waals surface area contributed by atoms with Crippen LogP contribution in [-0.2, 0) is 22.6 Å². The van der Waals surface area contributed by atoms with Gasteiger partial charge in [0.15, 0.2) is 0 Å². The Morgan fingerprint density at radius 1 is 0.980 bits per heavy atom. The average Bonchev–Trinajstić information content (AvgIpc) is 3.63. The van der Waals surface area contributed by atoms with Gasteiger partial charge in [0.1, 0.15) is 6.54 Å². The fourth-order valence-electron chi connectivity index (χ4n) is 8.58. The van der Waals surface area contributed by atoms with Crippen molar-refractivity contribution in [1.82, 2.24) is 19.4 Å². The van der Waals surface area contributed by atoms with E-state index < -0.39 is 5.97 Å². The van der Waals surface area contributed by atoms with Crippen LogP contribution in [0.4, 0.5) is 0 Å². The van der Waals surface area contributed by atoms with Gasteiger partial charge in [-0.25, -0.2) is 9.78 Å². The summed E-state index contributed by atoms with van der Waals surface area (Å²) in [4.78, 5) is 38.7. The Morgan fingerprint density at radius 3 is 2.32 bits per heavy atom. The molecular weight excluding hydrogens is 641 g/mol. The van der Waals surface area contributed by atoms with E-state index in [1.165, 1.54) is 45.7 Å². The molecule has 4 aromatic rings. The number of piperidine rings is 1. The molecular formula is C42H54N4O3S. The van der Waals surface area contributed by atoms with E-state index in [9.17, 15) is 14.7 Å². The number of aryl methyl sites for hydroxylation is 2. The molecule has 0 unspecified atom stereocenters. The SMILES string of the molecule is CCc1c(C2CCCCC2)c(-c2ccc3nc(-c4cc(C)sc4C)ccc3c2)n(CC(=O)N2CCC(N(CC)CC)CC2)c1/C=C(\C)C(=O)O. The summed E-state index contributed by atoms with van der Waals surface area (Å²) in [6.45, 7) is 16.3. The predicted molar refractivity (Wildman–Crippen MR) is 207 cm³/mol. The zero-order valence-corrected chi connectivity index (χ0v) is 31.7. The molecule has 7 nitrogen and oxygen atoms in total. The number of fused-ring (bicyclic) bond motifs is 1. The molecule has 0 bridgehead atoms. The Balaban J connectivity index is 1.47. The number of carbonyl (C=O) groups excluding carboxylic acids is 1. The highest BCUT2D eigenvalue weighted by Gasteiger charge is 2.32. The van der Waals surface area contributed by atoms with Gasteiger partial charge in [-0.2, -0.15) is 0 Å².